The number of benzene rings is 2. The van der Waals surface area contributed by atoms with E-state index in [9.17, 15) is 13.0 Å². The first-order valence-corrected chi connectivity index (χ1v) is 10.9. The maximum atomic E-state index is 11.6. The van der Waals surface area contributed by atoms with Gasteiger partial charge in [-0.1, -0.05) is 88.6 Å². The number of rotatable bonds is 11. The fourth-order valence-corrected chi connectivity index (χ4v) is 4.17. The van der Waals surface area contributed by atoms with Gasteiger partial charge in [0.2, 0.25) is 0 Å². The quantitative estimate of drug-likeness (QED) is 0.340. The van der Waals surface area contributed by atoms with E-state index in [0.29, 0.717) is 5.39 Å². The Labute approximate surface area is 180 Å². The predicted molar refractivity (Wildman–Crippen MR) is 103 cm³/mol. The molecule has 2 rings (SSSR count). The van der Waals surface area contributed by atoms with E-state index >= 15 is 0 Å². The van der Waals surface area contributed by atoms with Crippen LogP contribution in [0, 0.1) is 0 Å². The van der Waals surface area contributed by atoms with Gasteiger partial charge in [0.15, 0.2) is 0 Å². The summed E-state index contributed by atoms with van der Waals surface area (Å²) in [7, 11) is -4.45. The molecule has 3 nitrogen and oxygen atoms in total. The Bertz CT molecular complexity index is 767. The third kappa shape index (κ3) is 7.32. The van der Waals surface area contributed by atoms with Crippen molar-refractivity contribution in [2.24, 2.45) is 0 Å². The van der Waals surface area contributed by atoms with Gasteiger partial charge < -0.3 is 4.55 Å². The van der Waals surface area contributed by atoms with Crippen LogP contribution in [0.2, 0.25) is 0 Å². The van der Waals surface area contributed by atoms with Gasteiger partial charge >= 0.3 is 29.6 Å². The van der Waals surface area contributed by atoms with Gasteiger partial charge in [0.25, 0.3) is 0 Å². The molecule has 0 atom stereocenters. The summed E-state index contributed by atoms with van der Waals surface area (Å²) in [5.41, 5.74) is 0.968. The summed E-state index contributed by atoms with van der Waals surface area (Å²) in [4.78, 5) is -0.0866. The predicted octanol–water partition coefficient (Wildman–Crippen LogP) is 2.82. The number of fused-ring (bicyclic) bond motifs is 1. The SMILES string of the molecule is CCCCCCCCCCCc1cccc2cccc(S(=O)(=O)[O-])c12.[Na+]. The van der Waals surface area contributed by atoms with Gasteiger partial charge in [-0.3, -0.25) is 0 Å². The van der Waals surface area contributed by atoms with Crippen LogP contribution >= 0.6 is 0 Å². The zero-order chi connectivity index (χ0) is 18.1. The fraction of sp³-hybridized carbons (Fsp3) is 0.524. The molecule has 0 aliphatic carbocycles. The molecular weight excluding hydrogens is 355 g/mol. The first kappa shape index (κ1) is 23.6. The Morgan fingerprint density at radius 3 is 1.92 bits per heavy atom. The van der Waals surface area contributed by atoms with Crippen LogP contribution in [0.5, 0.6) is 0 Å². The monoisotopic (exact) mass is 384 g/mol. The summed E-state index contributed by atoms with van der Waals surface area (Å²) in [6.45, 7) is 2.23. The molecule has 5 heteroatoms. The van der Waals surface area contributed by atoms with Crippen molar-refractivity contribution in [3.63, 3.8) is 0 Å². The second-order valence-corrected chi connectivity index (χ2v) is 8.15. The van der Waals surface area contributed by atoms with E-state index in [1.807, 2.05) is 24.3 Å². The third-order valence-electron chi connectivity index (χ3n) is 4.77. The van der Waals surface area contributed by atoms with Crippen LogP contribution in [0.25, 0.3) is 10.8 Å². The van der Waals surface area contributed by atoms with Crippen molar-refractivity contribution < 1.29 is 42.5 Å². The number of aryl methyl sites for hydroxylation is 1. The van der Waals surface area contributed by atoms with E-state index in [2.05, 4.69) is 6.92 Å². The number of hydrogen-bond donors (Lipinski definition) is 0. The first-order valence-electron chi connectivity index (χ1n) is 9.50. The van der Waals surface area contributed by atoms with Gasteiger partial charge in [0.1, 0.15) is 10.1 Å². The number of unbranched alkanes of at least 4 members (excludes halogenated alkanes) is 8. The van der Waals surface area contributed by atoms with Gasteiger partial charge in [-0.2, -0.15) is 0 Å². The van der Waals surface area contributed by atoms with Gasteiger partial charge in [0.05, 0.1) is 4.90 Å². The van der Waals surface area contributed by atoms with E-state index in [1.54, 1.807) is 6.07 Å². The summed E-state index contributed by atoms with van der Waals surface area (Å²) in [5, 5.41) is 1.44. The molecule has 26 heavy (non-hydrogen) atoms. The molecule has 0 heterocycles. The summed E-state index contributed by atoms with van der Waals surface area (Å²) < 4.78 is 34.7. The maximum Gasteiger partial charge on any atom is 1.00 e. The average molecular weight is 385 g/mol. The smallest absolute Gasteiger partial charge is 0.744 e. The van der Waals surface area contributed by atoms with Gasteiger partial charge in [0, 0.05) is 5.39 Å². The summed E-state index contributed by atoms with van der Waals surface area (Å²) >= 11 is 0. The van der Waals surface area contributed by atoms with Crippen LogP contribution in [0.15, 0.2) is 41.3 Å². The molecule has 0 aromatic heterocycles. The molecular formula is C21H29NaO3S. The van der Waals surface area contributed by atoms with Crippen molar-refractivity contribution >= 4 is 20.9 Å². The van der Waals surface area contributed by atoms with E-state index in [-0.39, 0.29) is 34.5 Å². The minimum atomic E-state index is -4.45. The standard InChI is InChI=1S/C21H30O3S.Na/c1-2-3-4-5-6-7-8-9-10-13-18-14-11-15-19-16-12-17-20(21(18)19)25(22,23)24;/h11-12,14-17H,2-10,13H2,1H3,(H,22,23,24);/q;+1/p-1. The Kier molecular flexibility index (Phi) is 11.0. The zero-order valence-corrected chi connectivity index (χ0v) is 19.0. The van der Waals surface area contributed by atoms with E-state index in [0.717, 1.165) is 30.2 Å². The Morgan fingerprint density at radius 2 is 1.35 bits per heavy atom. The molecule has 0 aliphatic rings. The Balaban J connectivity index is 0.00000338. The molecule has 0 spiro atoms. The Hall–Kier alpha value is -0.390. The van der Waals surface area contributed by atoms with Gasteiger partial charge in [-0.15, -0.1) is 0 Å². The summed E-state index contributed by atoms with van der Waals surface area (Å²) in [6, 6.07) is 10.7. The minimum Gasteiger partial charge on any atom is -0.744 e. The fourth-order valence-electron chi connectivity index (χ4n) is 3.42. The molecule has 2 aromatic carbocycles. The molecule has 0 N–H and O–H groups in total. The molecule has 0 amide bonds. The molecule has 0 aliphatic heterocycles. The zero-order valence-electron chi connectivity index (χ0n) is 16.2. The van der Waals surface area contributed by atoms with Gasteiger partial charge in [-0.25, -0.2) is 8.42 Å². The number of hydrogen-bond acceptors (Lipinski definition) is 3. The summed E-state index contributed by atoms with van der Waals surface area (Å²) in [5.74, 6) is 0. The average Bonchev–Trinajstić information content (AvgIpc) is 2.59. The molecule has 0 bridgehead atoms. The van der Waals surface area contributed by atoms with Crippen molar-refractivity contribution in [1.82, 2.24) is 0 Å². The van der Waals surface area contributed by atoms with E-state index in [4.69, 9.17) is 0 Å². The maximum absolute atomic E-state index is 11.6. The van der Waals surface area contributed by atoms with Crippen LogP contribution in [0.3, 0.4) is 0 Å². The van der Waals surface area contributed by atoms with Crippen LogP contribution < -0.4 is 29.6 Å². The minimum absolute atomic E-state index is 0. The van der Waals surface area contributed by atoms with Crippen LogP contribution in [0.1, 0.15) is 70.3 Å². The molecule has 0 unspecified atom stereocenters. The summed E-state index contributed by atoms with van der Waals surface area (Å²) in [6.07, 6.45) is 12.1. The first-order chi connectivity index (χ1) is 12.0. The largest absolute Gasteiger partial charge is 1.00 e. The molecule has 138 valence electrons. The van der Waals surface area contributed by atoms with Crippen LogP contribution in [-0.4, -0.2) is 13.0 Å². The third-order valence-corrected chi connectivity index (χ3v) is 5.65. The molecule has 2 aromatic rings. The van der Waals surface area contributed by atoms with Crippen molar-refractivity contribution in [3.8, 4) is 0 Å². The van der Waals surface area contributed by atoms with Crippen molar-refractivity contribution in [2.75, 3.05) is 0 Å². The Morgan fingerprint density at radius 1 is 0.808 bits per heavy atom. The second-order valence-electron chi connectivity index (χ2n) is 6.80. The van der Waals surface area contributed by atoms with E-state index in [1.165, 1.54) is 51.0 Å². The van der Waals surface area contributed by atoms with Crippen LogP contribution in [0.4, 0.5) is 0 Å². The van der Waals surface area contributed by atoms with E-state index < -0.39 is 10.1 Å². The van der Waals surface area contributed by atoms with Crippen molar-refractivity contribution in [2.45, 2.75) is 76.0 Å². The molecule has 0 radical (unpaired) electrons. The van der Waals surface area contributed by atoms with Gasteiger partial charge in [-0.05, 0) is 29.9 Å². The topological polar surface area (TPSA) is 57.2 Å². The van der Waals surface area contributed by atoms with Crippen LogP contribution in [-0.2, 0) is 16.5 Å². The van der Waals surface area contributed by atoms with Crippen molar-refractivity contribution in [3.05, 3.63) is 42.0 Å². The molecule has 0 fully saturated rings. The van der Waals surface area contributed by atoms with Crippen molar-refractivity contribution in [1.29, 1.82) is 0 Å². The molecule has 0 saturated carbocycles. The normalized spacial score (nSPS) is 11.5. The molecule has 0 saturated heterocycles. The second kappa shape index (κ2) is 12.1.